The van der Waals surface area contributed by atoms with E-state index in [0.717, 1.165) is 63.7 Å². The van der Waals surface area contributed by atoms with Gasteiger partial charge in [-0.05, 0) is 74.8 Å². The molecule has 69 heavy (non-hydrogen) atoms. The third-order valence-corrected chi connectivity index (χ3v) is 15.4. The number of fused-ring (bicyclic) bond motifs is 1. The topological polar surface area (TPSA) is 329 Å². The van der Waals surface area contributed by atoms with E-state index in [1.54, 1.807) is 0 Å². The van der Waals surface area contributed by atoms with Crippen molar-refractivity contribution >= 4 is 90.6 Å². The number of ether oxygens (including phenoxy) is 9. The van der Waals surface area contributed by atoms with Gasteiger partial charge in [-0.2, -0.15) is 4.31 Å². The molecule has 0 aromatic carbocycles. The number of esters is 8. The molecular formula is C41H58N2O23S3. The fraction of sp³-hybridized carbons (Fsp3) is 0.659. The van der Waals surface area contributed by atoms with Crippen LogP contribution in [0.5, 0.6) is 0 Å². The van der Waals surface area contributed by atoms with Gasteiger partial charge in [-0.3, -0.25) is 19.2 Å². The molecule has 28 heteroatoms. The van der Waals surface area contributed by atoms with Gasteiger partial charge in [0.15, 0.2) is 64.5 Å². The lowest BCUT2D eigenvalue weighted by Crippen LogP contribution is -2.50. The quantitative estimate of drug-likeness (QED) is 0.0732. The molecule has 0 fully saturated rings. The molecule has 1 aliphatic rings. The highest BCUT2D eigenvalue weighted by atomic mass is 32.3. The van der Waals surface area contributed by atoms with E-state index in [-0.39, 0.29) is 38.2 Å². The van der Waals surface area contributed by atoms with Crippen molar-refractivity contribution in [3.05, 3.63) is 11.6 Å². The van der Waals surface area contributed by atoms with Crippen molar-refractivity contribution < 1.29 is 107 Å². The first-order valence-electron chi connectivity index (χ1n) is 21.2. The minimum atomic E-state index is -4.70. The van der Waals surface area contributed by atoms with Gasteiger partial charge in [0, 0.05) is 52.8 Å². The van der Waals surface area contributed by atoms with Gasteiger partial charge in [0.1, 0.15) is 14.2 Å². The summed E-state index contributed by atoms with van der Waals surface area (Å²) in [6.07, 6.45) is -12.3. The average Bonchev–Trinajstić information content (AvgIpc) is 3.72. The molecule has 0 spiro atoms. The van der Waals surface area contributed by atoms with Crippen molar-refractivity contribution in [1.29, 1.82) is 0 Å². The molecule has 0 saturated carbocycles. The van der Waals surface area contributed by atoms with Gasteiger partial charge in [0.2, 0.25) is 0 Å². The maximum Gasteiger partial charge on any atom is 0.347 e. The van der Waals surface area contributed by atoms with E-state index in [2.05, 4.69) is 4.74 Å². The number of hydrogen-bond acceptors (Lipinski definition) is 24. The monoisotopic (exact) mass is 1040 g/mol. The number of amides is 1. The second kappa shape index (κ2) is 25.9. The molecule has 2 rings (SSSR count). The molecular weight excluding hydrogens is 985 g/mol. The van der Waals surface area contributed by atoms with E-state index < -0.39 is 148 Å². The number of sulfonamides is 1. The lowest BCUT2D eigenvalue weighted by Gasteiger charge is -2.39. The highest BCUT2D eigenvalue weighted by molar-refractivity contribution is 7.95. The van der Waals surface area contributed by atoms with E-state index in [0.29, 0.717) is 11.3 Å². The normalized spacial score (nSPS) is 17.8. The molecule has 1 aromatic heterocycles. The first kappa shape index (κ1) is 59.5. The Morgan fingerprint density at radius 3 is 1.41 bits per heavy atom. The van der Waals surface area contributed by atoms with E-state index in [4.69, 9.17) is 37.9 Å². The van der Waals surface area contributed by atoms with Crippen LogP contribution in [0.3, 0.4) is 0 Å². The zero-order chi connectivity index (χ0) is 52.9. The highest BCUT2D eigenvalue weighted by Crippen LogP contribution is 2.43. The van der Waals surface area contributed by atoms with Crippen LogP contribution in [0.4, 0.5) is 0 Å². The molecule has 9 atom stereocenters. The smallest absolute Gasteiger partial charge is 0.347 e. The van der Waals surface area contributed by atoms with Crippen molar-refractivity contribution in [1.82, 2.24) is 9.21 Å². The molecule has 0 unspecified atom stereocenters. The minimum Gasteiger partial charge on any atom is -0.452 e. The number of thiophene rings is 1. The molecule has 2 heterocycles. The molecule has 0 aliphatic carbocycles. The summed E-state index contributed by atoms with van der Waals surface area (Å²) in [4.78, 5) is 126. The maximum absolute atomic E-state index is 14.0. The highest BCUT2D eigenvalue weighted by Gasteiger charge is 2.45. The maximum atomic E-state index is 14.0. The van der Waals surface area contributed by atoms with E-state index >= 15 is 0 Å². The van der Waals surface area contributed by atoms with Crippen LogP contribution in [0.15, 0.2) is 14.5 Å². The fourth-order valence-electron chi connectivity index (χ4n) is 5.98. The lowest BCUT2D eigenvalue weighted by molar-refractivity contribution is -0.183. The number of carbonyl (C=O) groups excluding carboxylic acids is 10. The second-order valence-electron chi connectivity index (χ2n) is 15.4. The van der Waals surface area contributed by atoms with Crippen LogP contribution < -0.4 is 0 Å². The Morgan fingerprint density at radius 1 is 0.652 bits per heavy atom. The van der Waals surface area contributed by atoms with Gasteiger partial charge < -0.3 is 47.5 Å². The Balaban J connectivity index is 2.29. The van der Waals surface area contributed by atoms with Crippen LogP contribution in [0.25, 0.3) is 0 Å². The number of nitrogens with zero attached hydrogens (tertiary/aromatic N) is 2. The van der Waals surface area contributed by atoms with Crippen molar-refractivity contribution in [3.63, 3.8) is 0 Å². The zero-order valence-corrected chi connectivity index (χ0v) is 42.5. The summed E-state index contributed by atoms with van der Waals surface area (Å²) in [5.41, 5.74) is -0.132. The fourth-order valence-corrected chi connectivity index (χ4v) is 11.3. The third-order valence-electron chi connectivity index (χ3n) is 9.64. The Bertz CT molecular complexity index is 2330. The Hall–Kier alpha value is -5.58. The second-order valence-corrected chi connectivity index (χ2v) is 20.8. The van der Waals surface area contributed by atoms with Crippen LogP contribution in [-0.2, 0) is 110 Å². The van der Waals surface area contributed by atoms with Crippen molar-refractivity contribution in [2.45, 2.75) is 146 Å². The number of hydrogen-bond donors (Lipinski definition) is 0. The van der Waals surface area contributed by atoms with Gasteiger partial charge in [0.05, 0.1) is 6.04 Å². The van der Waals surface area contributed by atoms with Crippen LogP contribution >= 0.6 is 11.3 Å². The first-order valence-corrected chi connectivity index (χ1v) is 25.1. The number of ketones is 1. The first-order chi connectivity index (χ1) is 31.9. The van der Waals surface area contributed by atoms with Gasteiger partial charge in [-0.25, -0.2) is 45.6 Å². The summed E-state index contributed by atoms with van der Waals surface area (Å²) in [6.45, 7) is 12.2. The Kier molecular flexibility index (Phi) is 22.3. The molecule has 0 N–H and O–H groups in total. The summed E-state index contributed by atoms with van der Waals surface area (Å²) < 4.78 is 100. The molecule has 25 nitrogen and oxygen atoms in total. The molecule has 1 aliphatic heterocycles. The predicted octanol–water partition coefficient (Wildman–Crippen LogP) is 0.515. The van der Waals surface area contributed by atoms with Crippen LogP contribution in [0, 0.1) is 0 Å². The number of likely N-dealkylation sites (N-methyl/N-ethyl adjacent to an activating group) is 1. The minimum absolute atomic E-state index is 0.129. The van der Waals surface area contributed by atoms with Crippen LogP contribution in [0.2, 0.25) is 0 Å². The molecule has 0 saturated heterocycles. The molecule has 0 radical (unpaired) electrons. The van der Waals surface area contributed by atoms with Crippen molar-refractivity contribution in [2.24, 2.45) is 0 Å². The number of carbonyl (C=O) groups is 10. The van der Waals surface area contributed by atoms with Gasteiger partial charge >= 0.3 is 47.8 Å². The van der Waals surface area contributed by atoms with Crippen LogP contribution in [0.1, 0.15) is 94.2 Å². The SMILES string of the molecule is CCN(C(=O)[C@H](C)OC(=O)[C@H](C)OC(=O)[C@H](C)OC(=O)[C@H](C)OC(C)=O)[C@H]1CN(CCCOC)S(=O)(=O)c2sc(S(=O)(=O)CC(=O)[C@H](C)OC(=O)[C@H](C)OC(=O)[C@H](C)OC(=O)[C@H](C)OC(C)=O)cc21. The van der Waals surface area contributed by atoms with Crippen LogP contribution in [-0.4, -0.2) is 173 Å². The number of rotatable bonds is 25. The van der Waals surface area contributed by atoms with Gasteiger partial charge in [-0.15, -0.1) is 11.3 Å². The van der Waals surface area contributed by atoms with Gasteiger partial charge in [-0.1, -0.05) is 0 Å². The Morgan fingerprint density at radius 2 is 1.03 bits per heavy atom. The number of Topliss-reactive ketones (excluding diaryl/α,β-unsaturated/α-hetero) is 1. The standard InChI is InChI=1S/C41H58N2O23S3/c1-13-43(34(47)21(3)62-38(51)25(7)66-40(53)27(9)64-36(49)23(5)60-29(11)45)31-18-42(15-14-16-58-12)69(56,57)41-30(31)17-33(67-41)68(54,55)19-32(46)20(2)61-37(50)24(6)65-39(52)26(8)63-35(48)22(4)59-28(10)44/h17,20-27,31H,13-16,18-19H2,1-12H3/t20-,21-,22-,23-,24-,25-,26-,27-,31-/m0/s1. The summed E-state index contributed by atoms with van der Waals surface area (Å²) >= 11 is 0.313. The molecule has 1 amide bonds. The van der Waals surface area contributed by atoms with Crippen molar-refractivity contribution in [3.8, 4) is 0 Å². The Labute approximate surface area is 402 Å². The number of sulfone groups is 1. The molecule has 0 bridgehead atoms. The summed E-state index contributed by atoms with van der Waals surface area (Å²) in [7, 11) is -7.74. The lowest BCUT2D eigenvalue weighted by atomic mass is 10.1. The predicted molar refractivity (Wildman–Crippen MR) is 233 cm³/mol. The molecule has 1 aromatic rings. The summed E-state index contributed by atoms with van der Waals surface area (Å²) in [6, 6.07) is -0.181. The summed E-state index contributed by atoms with van der Waals surface area (Å²) in [5.74, 6) is -12.0. The van der Waals surface area contributed by atoms with E-state index in [9.17, 15) is 64.8 Å². The van der Waals surface area contributed by atoms with E-state index in [1.165, 1.54) is 34.8 Å². The third kappa shape index (κ3) is 16.8. The van der Waals surface area contributed by atoms with Crippen molar-refractivity contribution in [2.75, 3.05) is 39.1 Å². The number of methoxy groups -OCH3 is 1. The zero-order valence-electron chi connectivity index (χ0n) is 40.0. The van der Waals surface area contributed by atoms with Gasteiger partial charge in [0.25, 0.3) is 15.9 Å². The largest absolute Gasteiger partial charge is 0.452 e. The average molecular weight is 1040 g/mol. The molecule has 388 valence electrons. The van der Waals surface area contributed by atoms with E-state index in [1.807, 2.05) is 0 Å². The summed E-state index contributed by atoms with van der Waals surface area (Å²) in [5, 5.41) is 0.